The Hall–Kier alpha value is -2.93. The molecule has 1 amide bonds. The molecular weight excluding hydrogens is 356 g/mol. The van der Waals surface area contributed by atoms with Crippen molar-refractivity contribution in [3.63, 3.8) is 0 Å². The fourth-order valence-electron chi connectivity index (χ4n) is 3.52. The van der Waals surface area contributed by atoms with Crippen LogP contribution in [-0.4, -0.2) is 52.8 Å². The Kier molecular flexibility index (Phi) is 5.25. The summed E-state index contributed by atoms with van der Waals surface area (Å²) in [6.45, 7) is 3.57. The molecule has 0 radical (unpaired) electrons. The molecule has 0 spiro atoms. The van der Waals surface area contributed by atoms with Gasteiger partial charge in [-0.2, -0.15) is 5.10 Å². The van der Waals surface area contributed by atoms with E-state index in [9.17, 15) is 4.79 Å². The molecule has 2 aromatic carbocycles. The van der Waals surface area contributed by atoms with Gasteiger partial charge in [-0.25, -0.2) is 4.98 Å². The predicted octanol–water partition coefficient (Wildman–Crippen LogP) is 2.81. The van der Waals surface area contributed by atoms with Crippen LogP contribution in [0.3, 0.4) is 0 Å². The first-order chi connectivity index (χ1) is 13.6. The summed E-state index contributed by atoms with van der Waals surface area (Å²) < 4.78 is 11.2. The van der Waals surface area contributed by atoms with Crippen LogP contribution in [-0.2, 0) is 16.0 Å². The van der Waals surface area contributed by atoms with Crippen molar-refractivity contribution >= 4 is 16.7 Å². The molecule has 4 rings (SSSR count). The van der Waals surface area contributed by atoms with E-state index in [1.807, 2.05) is 30.0 Å². The lowest BCUT2D eigenvalue weighted by atomic mass is 10.0. The maximum atomic E-state index is 12.6. The second-order valence-electron chi connectivity index (χ2n) is 7.01. The van der Waals surface area contributed by atoms with Gasteiger partial charge in [0, 0.05) is 19.4 Å². The maximum Gasteiger partial charge on any atom is 0.223 e. The summed E-state index contributed by atoms with van der Waals surface area (Å²) in [5.41, 5.74) is 1.08. The number of nitrogens with zero attached hydrogens (tertiary/aromatic N) is 3. The SMILES string of the molecule is COc1ccc2cc([C@@H]3CN(C(=O)CCc4n[nH]c(C)n4)CCO3)ccc2c1. The van der Waals surface area contributed by atoms with Crippen LogP contribution in [0, 0.1) is 6.92 Å². The fraction of sp³-hybridized carbons (Fsp3) is 0.381. The number of aryl methyl sites for hydroxylation is 2. The lowest BCUT2D eigenvalue weighted by Crippen LogP contribution is -2.42. The number of carbonyl (C=O) groups excluding carboxylic acids is 1. The summed E-state index contributed by atoms with van der Waals surface area (Å²) in [7, 11) is 1.67. The Balaban J connectivity index is 1.42. The van der Waals surface area contributed by atoms with Crippen LogP contribution in [0.5, 0.6) is 5.75 Å². The Morgan fingerprint density at radius 1 is 1.29 bits per heavy atom. The van der Waals surface area contributed by atoms with Crippen molar-refractivity contribution in [2.75, 3.05) is 26.8 Å². The lowest BCUT2D eigenvalue weighted by molar-refractivity contribution is -0.139. The zero-order chi connectivity index (χ0) is 19.5. The number of carbonyl (C=O) groups is 1. The summed E-state index contributed by atoms with van der Waals surface area (Å²) in [4.78, 5) is 18.8. The molecule has 0 aliphatic carbocycles. The van der Waals surface area contributed by atoms with Gasteiger partial charge in [0.15, 0.2) is 5.82 Å². The average Bonchev–Trinajstić information content (AvgIpc) is 3.16. The zero-order valence-electron chi connectivity index (χ0n) is 16.1. The van der Waals surface area contributed by atoms with Gasteiger partial charge in [0.1, 0.15) is 17.7 Å². The first kappa shape index (κ1) is 18.4. The molecule has 1 atom stereocenters. The molecule has 146 valence electrons. The number of hydrogen-bond acceptors (Lipinski definition) is 5. The van der Waals surface area contributed by atoms with Crippen LogP contribution in [0.1, 0.15) is 29.7 Å². The van der Waals surface area contributed by atoms with E-state index in [0.29, 0.717) is 38.4 Å². The van der Waals surface area contributed by atoms with Gasteiger partial charge in [-0.05, 0) is 41.5 Å². The van der Waals surface area contributed by atoms with E-state index in [0.717, 1.165) is 27.9 Å². The van der Waals surface area contributed by atoms with E-state index >= 15 is 0 Å². The van der Waals surface area contributed by atoms with Crippen LogP contribution in [0.2, 0.25) is 0 Å². The number of ether oxygens (including phenoxy) is 2. The van der Waals surface area contributed by atoms with Crippen LogP contribution < -0.4 is 4.74 Å². The minimum Gasteiger partial charge on any atom is -0.497 e. The number of aromatic amines is 1. The number of morpholine rings is 1. The van der Waals surface area contributed by atoms with Crippen molar-refractivity contribution in [1.82, 2.24) is 20.1 Å². The van der Waals surface area contributed by atoms with Crippen molar-refractivity contribution in [2.24, 2.45) is 0 Å². The number of benzene rings is 2. The minimum atomic E-state index is -0.116. The van der Waals surface area contributed by atoms with Gasteiger partial charge < -0.3 is 14.4 Å². The van der Waals surface area contributed by atoms with Gasteiger partial charge in [0.25, 0.3) is 0 Å². The summed E-state index contributed by atoms with van der Waals surface area (Å²) in [5.74, 6) is 2.40. The first-order valence-electron chi connectivity index (χ1n) is 9.47. The van der Waals surface area contributed by atoms with Gasteiger partial charge in [-0.3, -0.25) is 9.89 Å². The van der Waals surface area contributed by atoms with Crippen molar-refractivity contribution in [2.45, 2.75) is 25.9 Å². The van der Waals surface area contributed by atoms with Crippen LogP contribution in [0.15, 0.2) is 36.4 Å². The molecule has 7 heteroatoms. The molecule has 0 bridgehead atoms. The predicted molar refractivity (Wildman–Crippen MR) is 105 cm³/mol. The number of aromatic nitrogens is 3. The van der Waals surface area contributed by atoms with Crippen molar-refractivity contribution < 1.29 is 14.3 Å². The molecule has 1 aliphatic heterocycles. The number of rotatable bonds is 5. The topological polar surface area (TPSA) is 80.3 Å². The van der Waals surface area contributed by atoms with E-state index in [4.69, 9.17) is 9.47 Å². The highest BCUT2D eigenvalue weighted by atomic mass is 16.5. The molecule has 28 heavy (non-hydrogen) atoms. The van der Waals surface area contributed by atoms with E-state index in [1.54, 1.807) is 7.11 Å². The normalized spacial score (nSPS) is 17.1. The Bertz CT molecular complexity index is 985. The van der Waals surface area contributed by atoms with Crippen LogP contribution in [0.25, 0.3) is 10.8 Å². The number of fused-ring (bicyclic) bond motifs is 1. The van der Waals surface area contributed by atoms with E-state index in [2.05, 4.69) is 33.4 Å². The highest BCUT2D eigenvalue weighted by molar-refractivity contribution is 5.84. The third-order valence-electron chi connectivity index (χ3n) is 5.07. The van der Waals surface area contributed by atoms with Gasteiger partial charge in [-0.1, -0.05) is 18.2 Å². The van der Waals surface area contributed by atoms with Crippen molar-refractivity contribution in [1.29, 1.82) is 0 Å². The van der Waals surface area contributed by atoms with Crippen molar-refractivity contribution in [3.05, 3.63) is 53.6 Å². The van der Waals surface area contributed by atoms with Gasteiger partial charge in [0.05, 0.1) is 20.3 Å². The molecular formula is C21H24N4O3. The summed E-state index contributed by atoms with van der Waals surface area (Å²) in [5, 5.41) is 9.15. The second kappa shape index (κ2) is 7.98. The molecule has 2 heterocycles. The van der Waals surface area contributed by atoms with Crippen LogP contribution >= 0.6 is 0 Å². The molecule has 1 N–H and O–H groups in total. The Morgan fingerprint density at radius 2 is 2.11 bits per heavy atom. The molecule has 7 nitrogen and oxygen atoms in total. The van der Waals surface area contributed by atoms with Gasteiger partial charge in [-0.15, -0.1) is 0 Å². The number of nitrogens with one attached hydrogen (secondary N) is 1. The summed E-state index contributed by atoms with van der Waals surface area (Å²) in [6, 6.07) is 12.3. The number of methoxy groups -OCH3 is 1. The number of amides is 1. The second-order valence-corrected chi connectivity index (χ2v) is 7.01. The highest BCUT2D eigenvalue weighted by Gasteiger charge is 2.25. The van der Waals surface area contributed by atoms with E-state index < -0.39 is 0 Å². The van der Waals surface area contributed by atoms with E-state index in [-0.39, 0.29) is 12.0 Å². The lowest BCUT2D eigenvalue weighted by Gasteiger charge is -2.33. The quantitative estimate of drug-likeness (QED) is 0.736. The number of hydrogen-bond donors (Lipinski definition) is 1. The summed E-state index contributed by atoms with van der Waals surface area (Å²) in [6.07, 6.45) is 0.833. The standard InChI is InChI=1S/C21H24N4O3/c1-14-22-20(24-23-14)7-8-21(26)25-9-10-28-19(13-25)17-4-3-16-12-18(27-2)6-5-15(16)11-17/h3-6,11-12,19H,7-10,13H2,1-2H3,(H,22,23,24)/t19-/m0/s1. The van der Waals surface area contributed by atoms with Crippen molar-refractivity contribution in [3.8, 4) is 5.75 Å². The fourth-order valence-corrected chi connectivity index (χ4v) is 3.52. The largest absolute Gasteiger partial charge is 0.497 e. The van der Waals surface area contributed by atoms with Gasteiger partial charge >= 0.3 is 0 Å². The molecule has 0 unspecified atom stereocenters. The smallest absolute Gasteiger partial charge is 0.223 e. The maximum absolute atomic E-state index is 12.6. The zero-order valence-corrected chi connectivity index (χ0v) is 16.1. The Morgan fingerprint density at radius 3 is 2.89 bits per heavy atom. The third-order valence-corrected chi connectivity index (χ3v) is 5.07. The molecule has 0 saturated carbocycles. The van der Waals surface area contributed by atoms with E-state index in [1.165, 1.54) is 0 Å². The molecule has 1 saturated heterocycles. The van der Waals surface area contributed by atoms with Gasteiger partial charge in [0.2, 0.25) is 5.91 Å². The monoisotopic (exact) mass is 380 g/mol. The number of H-pyrrole nitrogens is 1. The third kappa shape index (κ3) is 3.99. The molecule has 1 fully saturated rings. The average molecular weight is 380 g/mol. The summed E-state index contributed by atoms with van der Waals surface area (Å²) >= 11 is 0. The first-order valence-corrected chi connectivity index (χ1v) is 9.47. The molecule has 1 aliphatic rings. The minimum absolute atomic E-state index is 0.112. The molecule has 3 aromatic rings. The van der Waals surface area contributed by atoms with Crippen LogP contribution in [0.4, 0.5) is 0 Å². The Labute approximate surface area is 163 Å². The highest BCUT2D eigenvalue weighted by Crippen LogP contribution is 2.28. The molecule has 1 aromatic heterocycles.